The highest BCUT2D eigenvalue weighted by Crippen LogP contribution is 2.02. The molecular weight excluding hydrogens is 116 g/mol. The third-order valence-corrected chi connectivity index (χ3v) is 0.756. The Morgan fingerprint density at radius 3 is 1.67 bits per heavy atom. The number of para-hydroxylation sites is 1. The van der Waals surface area contributed by atoms with E-state index in [-0.39, 0.29) is 0 Å². The van der Waals surface area contributed by atoms with Gasteiger partial charge in [0.05, 0.1) is 7.11 Å². The fraction of sp³-hybridized carbons (Fsp3) is 0. The predicted molar refractivity (Wildman–Crippen MR) is 35.4 cm³/mol. The van der Waals surface area contributed by atoms with Gasteiger partial charge < -0.3 is 10.2 Å². The van der Waals surface area contributed by atoms with Crippen molar-refractivity contribution in [2.45, 2.75) is 0 Å². The zero-order valence-electron chi connectivity index (χ0n) is 4.99. The van der Waals surface area contributed by atoms with Gasteiger partial charge in [-0.1, -0.05) is 18.2 Å². The van der Waals surface area contributed by atoms with E-state index in [4.69, 9.17) is 10.2 Å². The number of phenolic OH excluding ortho intramolecular Hbond substituents is 1. The number of phenols is 1. The van der Waals surface area contributed by atoms with Crippen molar-refractivity contribution in [1.29, 1.82) is 0 Å². The molecule has 0 atom stereocenters. The van der Waals surface area contributed by atoms with E-state index in [1.165, 1.54) is 0 Å². The molecule has 0 saturated heterocycles. The third kappa shape index (κ3) is 3.55. The van der Waals surface area contributed by atoms with Crippen LogP contribution in [0.2, 0.25) is 0 Å². The van der Waals surface area contributed by atoms with Crippen molar-refractivity contribution in [1.82, 2.24) is 0 Å². The smallest absolute Gasteiger partial charge is 0.115 e. The van der Waals surface area contributed by atoms with Gasteiger partial charge in [0.15, 0.2) is 0 Å². The lowest BCUT2D eigenvalue weighted by molar-refractivity contribution is 0.464. The first-order valence-electron chi connectivity index (χ1n) is 2.45. The predicted octanol–water partition coefficient (Wildman–Crippen LogP) is 1.54. The van der Waals surface area contributed by atoms with Crippen LogP contribution in [0.25, 0.3) is 0 Å². The second kappa shape index (κ2) is 5.12. The number of hydrogen-bond acceptors (Lipinski definition) is 2. The molecule has 0 bridgehead atoms. The van der Waals surface area contributed by atoms with Crippen LogP contribution in [-0.4, -0.2) is 10.2 Å². The molecule has 0 aliphatic rings. The van der Waals surface area contributed by atoms with E-state index in [2.05, 4.69) is 7.11 Å². The zero-order valence-corrected chi connectivity index (χ0v) is 4.99. The minimum Gasteiger partial charge on any atom is -0.508 e. The average Bonchev–Trinajstić information content (AvgIpc) is 1.94. The standard InChI is InChI=1S/C6H6O.CH3O/c7-6-4-2-1-3-5-6;1-2/h1-5,7H;2H,1H2. The molecule has 0 amide bonds. The van der Waals surface area contributed by atoms with Crippen molar-refractivity contribution in [2.75, 3.05) is 0 Å². The molecule has 2 heteroatoms. The van der Waals surface area contributed by atoms with Crippen molar-refractivity contribution in [2.24, 2.45) is 0 Å². The van der Waals surface area contributed by atoms with Gasteiger partial charge in [-0.15, -0.1) is 0 Å². The van der Waals surface area contributed by atoms with Crippen molar-refractivity contribution >= 4 is 0 Å². The van der Waals surface area contributed by atoms with Crippen LogP contribution in [0.5, 0.6) is 5.75 Å². The molecule has 0 aromatic heterocycles. The molecule has 1 radical (unpaired) electrons. The Morgan fingerprint density at radius 2 is 1.44 bits per heavy atom. The molecule has 2 N–H and O–H groups in total. The minimum atomic E-state index is 0.322. The Morgan fingerprint density at radius 1 is 1.00 bits per heavy atom. The minimum absolute atomic E-state index is 0.322. The van der Waals surface area contributed by atoms with Crippen LogP contribution in [0.1, 0.15) is 0 Å². The highest BCUT2D eigenvalue weighted by molar-refractivity contribution is 5.18. The summed E-state index contributed by atoms with van der Waals surface area (Å²) in [6.07, 6.45) is 0. The topological polar surface area (TPSA) is 40.5 Å². The number of aliphatic hydroxyl groups is 1. The molecule has 0 spiro atoms. The molecular formula is C7H9O2. The Bertz CT molecular complexity index is 137. The van der Waals surface area contributed by atoms with Gasteiger partial charge in [0.1, 0.15) is 5.75 Å². The first kappa shape index (κ1) is 7.98. The van der Waals surface area contributed by atoms with Gasteiger partial charge in [0.2, 0.25) is 0 Å². The van der Waals surface area contributed by atoms with Crippen LogP contribution in [0.15, 0.2) is 30.3 Å². The fourth-order valence-corrected chi connectivity index (χ4v) is 0.428. The summed E-state index contributed by atoms with van der Waals surface area (Å²) in [5.41, 5.74) is 0. The van der Waals surface area contributed by atoms with E-state index >= 15 is 0 Å². The van der Waals surface area contributed by atoms with Gasteiger partial charge in [-0.2, -0.15) is 0 Å². The van der Waals surface area contributed by atoms with Crippen molar-refractivity contribution < 1.29 is 10.2 Å². The molecule has 0 aliphatic carbocycles. The molecule has 0 unspecified atom stereocenters. The summed E-state index contributed by atoms with van der Waals surface area (Å²) in [5.74, 6) is 0.322. The first-order valence-corrected chi connectivity index (χ1v) is 2.45. The summed E-state index contributed by atoms with van der Waals surface area (Å²) in [4.78, 5) is 0. The van der Waals surface area contributed by atoms with Crippen LogP contribution in [0.3, 0.4) is 0 Å². The average molecular weight is 125 g/mol. The van der Waals surface area contributed by atoms with Crippen LogP contribution in [-0.2, 0) is 0 Å². The number of rotatable bonds is 0. The summed E-state index contributed by atoms with van der Waals surface area (Å²) in [5, 5.41) is 15.4. The first-order chi connectivity index (χ1) is 4.39. The lowest BCUT2D eigenvalue weighted by atomic mass is 10.3. The highest BCUT2D eigenvalue weighted by Gasteiger charge is 1.74. The maximum atomic E-state index is 8.63. The monoisotopic (exact) mass is 125 g/mol. The van der Waals surface area contributed by atoms with Crippen molar-refractivity contribution in [3.8, 4) is 5.75 Å². The van der Waals surface area contributed by atoms with E-state index in [1.54, 1.807) is 24.3 Å². The molecule has 1 aromatic carbocycles. The second-order valence-electron chi connectivity index (χ2n) is 1.34. The van der Waals surface area contributed by atoms with E-state index < -0.39 is 0 Å². The number of benzene rings is 1. The molecule has 49 valence electrons. The van der Waals surface area contributed by atoms with Gasteiger partial charge in [-0.05, 0) is 12.1 Å². The van der Waals surface area contributed by atoms with Gasteiger partial charge in [-0.25, -0.2) is 0 Å². The molecule has 9 heavy (non-hydrogen) atoms. The Kier molecular flexibility index (Phi) is 4.54. The zero-order chi connectivity index (χ0) is 7.11. The van der Waals surface area contributed by atoms with E-state index in [1.807, 2.05) is 6.07 Å². The van der Waals surface area contributed by atoms with Gasteiger partial charge in [0.25, 0.3) is 0 Å². The van der Waals surface area contributed by atoms with E-state index in [0.717, 1.165) is 0 Å². The fourth-order valence-electron chi connectivity index (χ4n) is 0.428. The Labute approximate surface area is 54.4 Å². The summed E-state index contributed by atoms with van der Waals surface area (Å²) in [6, 6.07) is 8.71. The maximum absolute atomic E-state index is 8.63. The molecule has 0 fully saturated rings. The SMILES string of the molecule is Oc1ccccc1.[CH2]O. The number of hydrogen-bond donors (Lipinski definition) is 2. The van der Waals surface area contributed by atoms with Crippen LogP contribution < -0.4 is 0 Å². The van der Waals surface area contributed by atoms with Gasteiger partial charge in [-0.3, -0.25) is 0 Å². The van der Waals surface area contributed by atoms with Gasteiger partial charge >= 0.3 is 0 Å². The van der Waals surface area contributed by atoms with Crippen molar-refractivity contribution in [3.05, 3.63) is 37.4 Å². The van der Waals surface area contributed by atoms with Gasteiger partial charge in [0, 0.05) is 0 Å². The number of aliphatic hydroxyl groups excluding tert-OH is 1. The van der Waals surface area contributed by atoms with Crippen LogP contribution in [0.4, 0.5) is 0 Å². The second-order valence-corrected chi connectivity index (χ2v) is 1.34. The summed E-state index contributed by atoms with van der Waals surface area (Å²) in [6.45, 7) is 0. The van der Waals surface area contributed by atoms with Crippen LogP contribution in [0, 0.1) is 7.11 Å². The highest BCUT2D eigenvalue weighted by atomic mass is 16.3. The van der Waals surface area contributed by atoms with Crippen LogP contribution >= 0.6 is 0 Å². The molecule has 0 aliphatic heterocycles. The Hall–Kier alpha value is -1.02. The molecule has 0 heterocycles. The lowest BCUT2D eigenvalue weighted by Crippen LogP contribution is -1.56. The quantitative estimate of drug-likeness (QED) is 0.552. The molecule has 0 saturated carbocycles. The van der Waals surface area contributed by atoms with E-state index in [0.29, 0.717) is 5.75 Å². The number of aromatic hydroxyl groups is 1. The molecule has 1 aromatic rings. The van der Waals surface area contributed by atoms with E-state index in [9.17, 15) is 0 Å². The maximum Gasteiger partial charge on any atom is 0.115 e. The van der Waals surface area contributed by atoms with Crippen molar-refractivity contribution in [3.63, 3.8) is 0 Å². The molecule has 1 rings (SSSR count). The Balaban J connectivity index is 0.000000291. The normalized spacial score (nSPS) is 7.33. The molecule has 2 nitrogen and oxygen atoms in total. The summed E-state index contributed by atoms with van der Waals surface area (Å²) in [7, 11) is 2.25. The summed E-state index contributed by atoms with van der Waals surface area (Å²) < 4.78 is 0. The third-order valence-electron chi connectivity index (χ3n) is 0.756. The summed E-state index contributed by atoms with van der Waals surface area (Å²) >= 11 is 0. The lowest BCUT2D eigenvalue weighted by Gasteiger charge is -1.82. The largest absolute Gasteiger partial charge is 0.508 e.